The van der Waals surface area contributed by atoms with Gasteiger partial charge in [-0.1, -0.05) is 24.3 Å². The SMILES string of the molecule is COC(=O)C1CC(NCC(O)COC(c2ccc(F)cc2)c2ccc(F)cc2)C1. The average Bonchev–Trinajstić information content (AvgIpc) is 2.69. The summed E-state index contributed by atoms with van der Waals surface area (Å²) in [5, 5.41) is 13.5. The van der Waals surface area contributed by atoms with Crippen LogP contribution in [0, 0.1) is 17.6 Å². The zero-order chi connectivity index (χ0) is 20.8. The van der Waals surface area contributed by atoms with Crippen LogP contribution in [0.5, 0.6) is 0 Å². The molecule has 156 valence electrons. The summed E-state index contributed by atoms with van der Waals surface area (Å²) in [4.78, 5) is 11.4. The van der Waals surface area contributed by atoms with Gasteiger partial charge in [-0.15, -0.1) is 0 Å². The van der Waals surface area contributed by atoms with Crippen LogP contribution in [-0.2, 0) is 14.3 Å². The second-order valence-corrected chi connectivity index (χ2v) is 7.27. The van der Waals surface area contributed by atoms with Gasteiger partial charge < -0.3 is 19.9 Å². The van der Waals surface area contributed by atoms with Crippen molar-refractivity contribution in [1.29, 1.82) is 0 Å². The van der Waals surface area contributed by atoms with Gasteiger partial charge in [-0.3, -0.25) is 4.79 Å². The molecule has 1 saturated carbocycles. The molecule has 0 bridgehead atoms. The van der Waals surface area contributed by atoms with E-state index in [0.717, 1.165) is 0 Å². The summed E-state index contributed by atoms with van der Waals surface area (Å²) in [7, 11) is 1.38. The van der Waals surface area contributed by atoms with E-state index < -0.39 is 12.2 Å². The number of aliphatic hydroxyl groups is 1. The summed E-state index contributed by atoms with van der Waals surface area (Å²) in [5.74, 6) is -0.996. The number of hydrogen-bond donors (Lipinski definition) is 2. The molecule has 1 unspecified atom stereocenters. The number of methoxy groups -OCH3 is 1. The molecule has 0 amide bonds. The van der Waals surface area contributed by atoms with Crippen LogP contribution in [0.15, 0.2) is 48.5 Å². The van der Waals surface area contributed by atoms with E-state index in [4.69, 9.17) is 9.47 Å². The fraction of sp³-hybridized carbons (Fsp3) is 0.409. The van der Waals surface area contributed by atoms with Crippen LogP contribution in [0.4, 0.5) is 8.78 Å². The number of rotatable bonds is 9. The number of aliphatic hydroxyl groups excluding tert-OH is 1. The first-order chi connectivity index (χ1) is 14.0. The molecule has 0 saturated heterocycles. The Morgan fingerprint density at radius 3 is 2.07 bits per heavy atom. The Hall–Kier alpha value is -2.35. The quantitative estimate of drug-likeness (QED) is 0.628. The van der Waals surface area contributed by atoms with Gasteiger partial charge in [-0.25, -0.2) is 8.78 Å². The minimum absolute atomic E-state index is 0.0412. The molecular weight excluding hydrogens is 380 g/mol. The number of carbonyl (C=O) groups excluding carboxylic acids is 1. The predicted molar refractivity (Wildman–Crippen MR) is 103 cm³/mol. The summed E-state index contributed by atoms with van der Waals surface area (Å²) >= 11 is 0. The first kappa shape index (κ1) is 21.4. The maximum absolute atomic E-state index is 13.3. The molecule has 2 aromatic carbocycles. The van der Waals surface area contributed by atoms with Crippen molar-refractivity contribution in [3.63, 3.8) is 0 Å². The Morgan fingerprint density at radius 2 is 1.59 bits per heavy atom. The van der Waals surface area contributed by atoms with Crippen LogP contribution in [0.3, 0.4) is 0 Å². The number of ether oxygens (including phenoxy) is 2. The highest BCUT2D eigenvalue weighted by Gasteiger charge is 2.35. The van der Waals surface area contributed by atoms with Gasteiger partial charge in [-0.2, -0.15) is 0 Å². The number of carbonyl (C=O) groups is 1. The number of halogens is 2. The molecular formula is C22H25F2NO4. The molecule has 2 aromatic rings. The fourth-order valence-electron chi connectivity index (χ4n) is 3.37. The topological polar surface area (TPSA) is 67.8 Å². The van der Waals surface area contributed by atoms with Gasteiger partial charge in [0, 0.05) is 12.6 Å². The zero-order valence-corrected chi connectivity index (χ0v) is 16.2. The molecule has 5 nitrogen and oxygen atoms in total. The van der Waals surface area contributed by atoms with Gasteiger partial charge in [0.05, 0.1) is 25.7 Å². The maximum atomic E-state index is 13.3. The molecule has 0 spiro atoms. The van der Waals surface area contributed by atoms with Crippen LogP contribution >= 0.6 is 0 Å². The molecule has 1 aliphatic rings. The van der Waals surface area contributed by atoms with E-state index in [-0.39, 0.29) is 36.2 Å². The van der Waals surface area contributed by atoms with Crippen molar-refractivity contribution < 1.29 is 28.2 Å². The highest BCUT2D eigenvalue weighted by Crippen LogP contribution is 2.29. The van der Waals surface area contributed by atoms with E-state index in [9.17, 15) is 18.7 Å². The lowest BCUT2D eigenvalue weighted by molar-refractivity contribution is -0.149. The van der Waals surface area contributed by atoms with E-state index in [1.54, 1.807) is 24.3 Å². The van der Waals surface area contributed by atoms with Crippen molar-refractivity contribution in [3.8, 4) is 0 Å². The largest absolute Gasteiger partial charge is 0.469 e. The van der Waals surface area contributed by atoms with Crippen LogP contribution in [0.1, 0.15) is 30.1 Å². The Morgan fingerprint density at radius 1 is 1.07 bits per heavy atom. The normalized spacial score (nSPS) is 19.6. The van der Waals surface area contributed by atoms with Gasteiger partial charge in [0.25, 0.3) is 0 Å². The lowest BCUT2D eigenvalue weighted by Gasteiger charge is -2.34. The van der Waals surface area contributed by atoms with Crippen LogP contribution < -0.4 is 5.32 Å². The minimum Gasteiger partial charge on any atom is -0.469 e. The van der Waals surface area contributed by atoms with E-state index in [2.05, 4.69) is 5.32 Å². The van der Waals surface area contributed by atoms with Crippen molar-refractivity contribution in [3.05, 3.63) is 71.3 Å². The van der Waals surface area contributed by atoms with Gasteiger partial charge in [0.1, 0.15) is 17.7 Å². The summed E-state index contributed by atoms with van der Waals surface area (Å²) in [6.45, 7) is 0.359. The number of benzene rings is 2. The Balaban J connectivity index is 1.53. The predicted octanol–water partition coefficient (Wildman–Crippen LogP) is 2.97. The summed E-state index contributed by atoms with van der Waals surface area (Å²) < 4.78 is 37.2. The number of esters is 1. The average molecular weight is 405 g/mol. The van der Waals surface area contributed by atoms with Crippen molar-refractivity contribution in [2.45, 2.75) is 31.1 Å². The third-order valence-corrected chi connectivity index (χ3v) is 5.12. The van der Waals surface area contributed by atoms with E-state index >= 15 is 0 Å². The van der Waals surface area contributed by atoms with Gasteiger partial charge in [-0.05, 0) is 48.2 Å². The molecule has 0 radical (unpaired) electrons. The Bertz CT molecular complexity index is 746. The fourth-order valence-corrected chi connectivity index (χ4v) is 3.37. The minimum atomic E-state index is -0.768. The highest BCUT2D eigenvalue weighted by atomic mass is 19.1. The van der Waals surface area contributed by atoms with Crippen molar-refractivity contribution in [2.75, 3.05) is 20.3 Å². The number of nitrogens with one attached hydrogen (secondary N) is 1. The monoisotopic (exact) mass is 405 g/mol. The smallest absolute Gasteiger partial charge is 0.308 e. The third kappa shape index (κ3) is 5.82. The molecule has 0 aliphatic heterocycles. The Labute approximate surface area is 168 Å². The van der Waals surface area contributed by atoms with Crippen molar-refractivity contribution >= 4 is 5.97 Å². The second kappa shape index (κ2) is 9.91. The lowest BCUT2D eigenvalue weighted by Crippen LogP contribution is -2.47. The van der Waals surface area contributed by atoms with Crippen LogP contribution in [0.2, 0.25) is 0 Å². The van der Waals surface area contributed by atoms with Crippen molar-refractivity contribution in [1.82, 2.24) is 5.32 Å². The molecule has 1 aliphatic carbocycles. The molecule has 29 heavy (non-hydrogen) atoms. The first-order valence-electron chi connectivity index (χ1n) is 9.58. The van der Waals surface area contributed by atoms with E-state index in [0.29, 0.717) is 30.5 Å². The van der Waals surface area contributed by atoms with E-state index in [1.807, 2.05) is 0 Å². The molecule has 0 heterocycles. The third-order valence-electron chi connectivity index (χ3n) is 5.12. The second-order valence-electron chi connectivity index (χ2n) is 7.27. The lowest BCUT2D eigenvalue weighted by atomic mass is 9.80. The Kier molecular flexibility index (Phi) is 7.30. The molecule has 0 aromatic heterocycles. The van der Waals surface area contributed by atoms with E-state index in [1.165, 1.54) is 31.4 Å². The zero-order valence-electron chi connectivity index (χ0n) is 16.2. The standard InChI is InChI=1S/C22H25F2NO4/c1-28-22(27)16-10-19(11-16)25-12-20(26)13-29-21(14-2-6-17(23)7-3-14)15-4-8-18(24)9-5-15/h2-9,16,19-21,25-26H,10-13H2,1H3. The molecule has 2 N–H and O–H groups in total. The van der Waals surface area contributed by atoms with Crippen molar-refractivity contribution in [2.24, 2.45) is 5.92 Å². The summed E-state index contributed by atoms with van der Waals surface area (Å²) in [6, 6.07) is 11.9. The maximum Gasteiger partial charge on any atom is 0.308 e. The summed E-state index contributed by atoms with van der Waals surface area (Å²) in [5.41, 5.74) is 1.41. The first-order valence-corrected chi connectivity index (χ1v) is 9.58. The summed E-state index contributed by atoms with van der Waals surface area (Å²) in [6.07, 6.45) is 0.0519. The van der Waals surface area contributed by atoms with Crippen LogP contribution in [-0.4, -0.2) is 43.5 Å². The molecule has 1 atom stereocenters. The highest BCUT2D eigenvalue weighted by molar-refractivity contribution is 5.73. The van der Waals surface area contributed by atoms with Gasteiger partial charge >= 0.3 is 5.97 Å². The van der Waals surface area contributed by atoms with Gasteiger partial charge in [0.15, 0.2) is 0 Å². The number of hydrogen-bond acceptors (Lipinski definition) is 5. The van der Waals surface area contributed by atoms with Gasteiger partial charge in [0.2, 0.25) is 0 Å². The molecule has 7 heteroatoms. The molecule has 1 fully saturated rings. The molecule has 3 rings (SSSR count). The van der Waals surface area contributed by atoms with Crippen LogP contribution in [0.25, 0.3) is 0 Å².